The van der Waals surface area contributed by atoms with E-state index in [1.807, 2.05) is 36.0 Å². The Morgan fingerprint density at radius 2 is 1.86 bits per heavy atom. The highest BCUT2D eigenvalue weighted by Gasteiger charge is 2.26. The van der Waals surface area contributed by atoms with Crippen LogP contribution in [0, 0.1) is 0 Å². The van der Waals surface area contributed by atoms with Gasteiger partial charge >= 0.3 is 0 Å². The predicted molar refractivity (Wildman–Crippen MR) is 116 cm³/mol. The molecule has 0 N–H and O–H groups in total. The van der Waals surface area contributed by atoms with Crippen LogP contribution in [0.25, 0.3) is 10.9 Å². The van der Waals surface area contributed by atoms with Crippen molar-refractivity contribution >= 4 is 26.7 Å². The maximum absolute atomic E-state index is 13.0. The molecule has 5 nitrogen and oxygen atoms in total. The number of ketones is 1. The molecule has 0 radical (unpaired) electrons. The van der Waals surface area contributed by atoms with Gasteiger partial charge in [0.2, 0.25) is 10.0 Å². The first kappa shape index (κ1) is 20.8. The van der Waals surface area contributed by atoms with Crippen molar-refractivity contribution in [3.05, 3.63) is 91.2 Å². The number of aromatic nitrogens is 1. The van der Waals surface area contributed by atoms with Crippen molar-refractivity contribution in [1.82, 2.24) is 8.87 Å². The largest absolute Gasteiger partial charge is 0.351 e. The van der Waals surface area contributed by atoms with Crippen LogP contribution in [-0.4, -0.2) is 36.2 Å². The number of sulfonamides is 1. The zero-order chi connectivity index (χ0) is 21.0. The summed E-state index contributed by atoms with van der Waals surface area (Å²) in [6.07, 6.45) is 4.06. The highest BCUT2D eigenvalue weighted by atomic mass is 32.2. The van der Waals surface area contributed by atoms with Crippen molar-refractivity contribution in [2.75, 3.05) is 13.1 Å². The molecule has 150 valence electrons. The van der Waals surface area contributed by atoms with Crippen LogP contribution >= 0.6 is 0 Å². The normalized spacial score (nSPS) is 11.7. The first-order valence-corrected chi connectivity index (χ1v) is 10.7. The molecule has 0 saturated heterocycles. The lowest BCUT2D eigenvalue weighted by Gasteiger charge is -2.22. The molecule has 0 spiro atoms. The Labute approximate surface area is 171 Å². The SMILES string of the molecule is C=CCCN(CC(=C)C(=O)c1ccc2c(ccn2C)c1)S(=O)(=O)c1ccccc1. The van der Waals surface area contributed by atoms with Gasteiger partial charge in [0.15, 0.2) is 5.78 Å². The van der Waals surface area contributed by atoms with Crippen molar-refractivity contribution < 1.29 is 13.2 Å². The molecular formula is C23H24N2O3S. The number of rotatable bonds is 9. The summed E-state index contributed by atoms with van der Waals surface area (Å²) in [6, 6.07) is 15.6. The van der Waals surface area contributed by atoms with Gasteiger partial charge in [0.25, 0.3) is 0 Å². The van der Waals surface area contributed by atoms with Crippen LogP contribution < -0.4 is 0 Å². The molecule has 1 aromatic heterocycles. The Morgan fingerprint density at radius 3 is 2.55 bits per heavy atom. The molecule has 3 rings (SSSR count). The van der Waals surface area contributed by atoms with Crippen molar-refractivity contribution in [2.45, 2.75) is 11.3 Å². The number of hydrogen-bond acceptors (Lipinski definition) is 3. The van der Waals surface area contributed by atoms with Gasteiger partial charge in [0.1, 0.15) is 0 Å². The Kier molecular flexibility index (Phi) is 6.15. The number of benzene rings is 2. The minimum Gasteiger partial charge on any atom is -0.351 e. The fourth-order valence-corrected chi connectivity index (χ4v) is 4.64. The van der Waals surface area contributed by atoms with Gasteiger partial charge in [0.05, 0.1) is 4.90 Å². The van der Waals surface area contributed by atoms with Gasteiger partial charge in [-0.05, 0) is 42.8 Å². The second-order valence-electron chi connectivity index (χ2n) is 6.86. The summed E-state index contributed by atoms with van der Waals surface area (Å²) < 4.78 is 29.4. The Bertz CT molecular complexity index is 1160. The van der Waals surface area contributed by atoms with Gasteiger partial charge in [-0.2, -0.15) is 4.31 Å². The van der Waals surface area contributed by atoms with Crippen molar-refractivity contribution in [3.8, 4) is 0 Å². The van der Waals surface area contributed by atoms with Crippen molar-refractivity contribution in [3.63, 3.8) is 0 Å². The minimum absolute atomic E-state index is 0.0727. The second-order valence-corrected chi connectivity index (χ2v) is 8.80. The van der Waals surface area contributed by atoms with Crippen LogP contribution in [-0.2, 0) is 17.1 Å². The lowest BCUT2D eigenvalue weighted by atomic mass is 10.0. The van der Waals surface area contributed by atoms with E-state index >= 15 is 0 Å². The van der Waals surface area contributed by atoms with Gasteiger partial charge in [-0.3, -0.25) is 4.79 Å². The third-order valence-corrected chi connectivity index (χ3v) is 6.66. The fraction of sp³-hybridized carbons (Fsp3) is 0.174. The van der Waals surface area contributed by atoms with Crippen LogP contribution in [0.15, 0.2) is 90.5 Å². The summed E-state index contributed by atoms with van der Waals surface area (Å²) in [7, 11) is -1.81. The number of Topliss-reactive ketones (excluding diaryl/α,β-unsaturated/α-hetero) is 1. The summed E-state index contributed by atoms with van der Waals surface area (Å²) >= 11 is 0. The molecule has 0 aliphatic rings. The molecule has 1 heterocycles. The molecule has 3 aromatic rings. The first-order valence-electron chi connectivity index (χ1n) is 9.28. The fourth-order valence-electron chi connectivity index (χ4n) is 3.17. The van der Waals surface area contributed by atoms with E-state index in [0.29, 0.717) is 12.0 Å². The molecule has 0 atom stereocenters. The number of hydrogen-bond donors (Lipinski definition) is 0. The number of carbonyl (C=O) groups is 1. The summed E-state index contributed by atoms with van der Waals surface area (Å²) in [5.74, 6) is -0.261. The van der Waals surface area contributed by atoms with Crippen molar-refractivity contribution in [1.29, 1.82) is 0 Å². The first-order chi connectivity index (χ1) is 13.8. The highest BCUT2D eigenvalue weighted by molar-refractivity contribution is 7.89. The smallest absolute Gasteiger partial charge is 0.243 e. The zero-order valence-corrected chi connectivity index (χ0v) is 17.2. The molecular weight excluding hydrogens is 384 g/mol. The number of carbonyl (C=O) groups excluding carboxylic acids is 1. The molecule has 0 saturated carbocycles. The van der Waals surface area contributed by atoms with Crippen molar-refractivity contribution in [2.24, 2.45) is 7.05 Å². The predicted octanol–water partition coefficient (Wildman–Crippen LogP) is 4.18. The van der Waals surface area contributed by atoms with Gasteiger partial charge in [-0.15, -0.1) is 6.58 Å². The minimum atomic E-state index is -3.75. The van der Waals surface area contributed by atoms with Gasteiger partial charge in [-0.1, -0.05) is 30.9 Å². The summed E-state index contributed by atoms with van der Waals surface area (Å²) in [6.45, 7) is 7.71. The van der Waals surface area contributed by atoms with Gasteiger partial charge in [-0.25, -0.2) is 8.42 Å². The van der Waals surface area contributed by atoms with E-state index in [-0.39, 0.29) is 29.3 Å². The van der Waals surface area contributed by atoms with E-state index in [9.17, 15) is 13.2 Å². The lowest BCUT2D eigenvalue weighted by Crippen LogP contribution is -2.34. The van der Waals surface area contributed by atoms with Crippen LogP contribution in [0.4, 0.5) is 0 Å². The average Bonchev–Trinajstić information content (AvgIpc) is 3.11. The zero-order valence-electron chi connectivity index (χ0n) is 16.4. The lowest BCUT2D eigenvalue weighted by molar-refractivity contribution is 0.102. The summed E-state index contributed by atoms with van der Waals surface area (Å²) in [4.78, 5) is 13.1. The maximum Gasteiger partial charge on any atom is 0.243 e. The molecule has 0 amide bonds. The van der Waals surface area contributed by atoms with Crippen LogP contribution in [0.1, 0.15) is 16.8 Å². The van der Waals surface area contributed by atoms with E-state index in [2.05, 4.69) is 13.2 Å². The van der Waals surface area contributed by atoms with E-state index in [0.717, 1.165) is 10.9 Å². The molecule has 0 fully saturated rings. The topological polar surface area (TPSA) is 59.4 Å². The maximum atomic E-state index is 13.0. The second kappa shape index (κ2) is 8.59. The molecule has 0 unspecified atom stereocenters. The average molecular weight is 409 g/mol. The third-order valence-electron chi connectivity index (χ3n) is 4.80. The number of fused-ring (bicyclic) bond motifs is 1. The van der Waals surface area contributed by atoms with E-state index < -0.39 is 10.0 Å². The van der Waals surface area contributed by atoms with E-state index in [1.54, 1.807) is 42.5 Å². The van der Waals surface area contributed by atoms with Crippen LogP contribution in [0.3, 0.4) is 0 Å². The molecule has 2 aromatic carbocycles. The van der Waals surface area contributed by atoms with Gasteiger partial charge < -0.3 is 4.57 Å². The quantitative estimate of drug-likeness (QED) is 0.303. The number of aryl methyl sites for hydroxylation is 1. The third kappa shape index (κ3) is 4.39. The highest BCUT2D eigenvalue weighted by Crippen LogP contribution is 2.21. The van der Waals surface area contributed by atoms with Crippen LogP contribution in [0.5, 0.6) is 0 Å². The Morgan fingerprint density at radius 1 is 1.14 bits per heavy atom. The monoisotopic (exact) mass is 408 g/mol. The molecule has 29 heavy (non-hydrogen) atoms. The Balaban J connectivity index is 1.85. The molecule has 0 bridgehead atoms. The Hall–Kier alpha value is -2.96. The summed E-state index contributed by atoms with van der Waals surface area (Å²) in [5, 5.41) is 0.951. The van der Waals surface area contributed by atoms with Crippen LogP contribution in [0.2, 0.25) is 0 Å². The van der Waals surface area contributed by atoms with E-state index in [1.165, 1.54) is 4.31 Å². The standard InChI is InChI=1S/C23H24N2O3S/c1-4-5-14-25(29(27,28)21-9-7-6-8-10-21)17-18(2)23(26)20-11-12-22-19(16-20)13-15-24(22)3/h4,6-13,15-16H,1-2,5,14,17H2,3H3. The molecule has 0 aliphatic heterocycles. The molecule has 6 heteroatoms. The number of nitrogens with zero attached hydrogens (tertiary/aromatic N) is 2. The van der Waals surface area contributed by atoms with Gasteiger partial charge in [0, 0.05) is 48.4 Å². The van der Waals surface area contributed by atoms with E-state index in [4.69, 9.17) is 0 Å². The molecule has 0 aliphatic carbocycles. The summed E-state index contributed by atoms with van der Waals surface area (Å²) in [5.41, 5.74) is 1.74.